The number of aromatic hydroxyl groups is 1. The number of methoxy groups -OCH3 is 1. The summed E-state index contributed by atoms with van der Waals surface area (Å²) in [6.45, 7) is 0.806. The van der Waals surface area contributed by atoms with Gasteiger partial charge in [0.1, 0.15) is 11.5 Å². The molecule has 0 saturated heterocycles. The van der Waals surface area contributed by atoms with Crippen LogP contribution >= 0.6 is 15.9 Å². The van der Waals surface area contributed by atoms with Crippen LogP contribution in [0.3, 0.4) is 0 Å². The Kier molecular flexibility index (Phi) is 4.22. The van der Waals surface area contributed by atoms with Crippen LogP contribution in [0.5, 0.6) is 11.5 Å². The summed E-state index contributed by atoms with van der Waals surface area (Å²) in [4.78, 5) is 0. The molecule has 0 amide bonds. The smallest absolute Gasteiger partial charge is 0.139 e. The number of halogens is 1. The van der Waals surface area contributed by atoms with E-state index in [1.807, 2.05) is 7.05 Å². The molecule has 0 bridgehead atoms. The molecule has 0 atom stereocenters. The maximum absolute atomic E-state index is 9.64. The Bertz CT molecular complexity index is 315. The molecule has 0 saturated carbocycles. The monoisotopic (exact) mass is 259 g/mol. The van der Waals surface area contributed by atoms with Crippen LogP contribution < -0.4 is 10.1 Å². The van der Waals surface area contributed by atoms with Crippen LogP contribution in [0, 0.1) is 0 Å². The lowest BCUT2D eigenvalue weighted by Gasteiger charge is -2.11. The average Bonchev–Trinajstić information content (AvgIpc) is 2.19. The molecule has 2 N–H and O–H groups in total. The largest absolute Gasteiger partial charge is 0.508 e. The van der Waals surface area contributed by atoms with E-state index < -0.39 is 0 Å². The number of nitrogens with one attached hydrogen (secondary N) is 1. The number of hydrogen-bond acceptors (Lipinski definition) is 3. The van der Waals surface area contributed by atoms with E-state index in [2.05, 4.69) is 21.2 Å². The van der Waals surface area contributed by atoms with E-state index in [1.165, 1.54) is 0 Å². The summed E-state index contributed by atoms with van der Waals surface area (Å²) < 4.78 is 6.08. The van der Waals surface area contributed by atoms with Crippen LogP contribution in [0.25, 0.3) is 0 Å². The second-order valence-electron chi connectivity index (χ2n) is 2.93. The quantitative estimate of drug-likeness (QED) is 0.869. The highest BCUT2D eigenvalue weighted by molar-refractivity contribution is 9.10. The van der Waals surface area contributed by atoms with Crippen molar-refractivity contribution in [1.29, 1.82) is 0 Å². The topological polar surface area (TPSA) is 41.5 Å². The van der Waals surface area contributed by atoms with Crippen molar-refractivity contribution in [3.8, 4) is 11.5 Å². The van der Waals surface area contributed by atoms with Gasteiger partial charge in [-0.1, -0.05) is 0 Å². The first-order valence-electron chi connectivity index (χ1n) is 4.39. The van der Waals surface area contributed by atoms with E-state index in [9.17, 15) is 5.11 Å². The number of phenols is 1. The number of benzene rings is 1. The first-order chi connectivity index (χ1) is 6.70. The van der Waals surface area contributed by atoms with E-state index in [1.54, 1.807) is 19.2 Å². The summed E-state index contributed by atoms with van der Waals surface area (Å²) in [5.41, 5.74) is 0.830. The van der Waals surface area contributed by atoms with Gasteiger partial charge in [0, 0.05) is 5.56 Å². The zero-order valence-corrected chi connectivity index (χ0v) is 9.89. The van der Waals surface area contributed by atoms with Gasteiger partial charge in [-0.05, 0) is 48.1 Å². The number of likely N-dealkylation sites (N-methyl/N-ethyl adjacent to an activating group) is 1. The summed E-state index contributed by atoms with van der Waals surface area (Å²) in [6, 6.07) is 3.44. The highest BCUT2D eigenvalue weighted by Gasteiger charge is 2.11. The molecule has 0 aliphatic rings. The van der Waals surface area contributed by atoms with Crippen molar-refractivity contribution in [2.75, 3.05) is 20.7 Å². The molecule has 1 aromatic carbocycles. The first-order valence-corrected chi connectivity index (χ1v) is 5.19. The average molecular weight is 260 g/mol. The van der Waals surface area contributed by atoms with Crippen LogP contribution in [0.15, 0.2) is 16.6 Å². The lowest BCUT2D eigenvalue weighted by Crippen LogP contribution is -2.11. The highest BCUT2D eigenvalue weighted by Crippen LogP contribution is 2.34. The van der Waals surface area contributed by atoms with Crippen LogP contribution in [0.2, 0.25) is 0 Å². The fourth-order valence-electron chi connectivity index (χ4n) is 1.30. The molecular formula is C10H14BrNO2. The van der Waals surface area contributed by atoms with Gasteiger partial charge < -0.3 is 15.2 Å². The highest BCUT2D eigenvalue weighted by atomic mass is 79.9. The van der Waals surface area contributed by atoms with Crippen molar-refractivity contribution in [1.82, 2.24) is 5.32 Å². The van der Waals surface area contributed by atoms with Crippen molar-refractivity contribution in [2.24, 2.45) is 0 Å². The van der Waals surface area contributed by atoms with Gasteiger partial charge in [0.05, 0.1) is 11.6 Å². The molecule has 1 aromatic rings. The molecule has 0 aliphatic carbocycles. The molecule has 3 nitrogen and oxygen atoms in total. The number of phenolic OH excluding ortho intramolecular Hbond substituents is 1. The molecule has 14 heavy (non-hydrogen) atoms. The SMILES string of the molecule is CNCCc1c(O)ccc(Br)c1OC. The minimum Gasteiger partial charge on any atom is -0.508 e. The van der Waals surface area contributed by atoms with Gasteiger partial charge in [-0.2, -0.15) is 0 Å². The fraction of sp³-hybridized carbons (Fsp3) is 0.400. The van der Waals surface area contributed by atoms with E-state index >= 15 is 0 Å². The van der Waals surface area contributed by atoms with Gasteiger partial charge in [0.15, 0.2) is 0 Å². The summed E-state index contributed by atoms with van der Waals surface area (Å²) in [5, 5.41) is 12.7. The minimum atomic E-state index is 0.278. The maximum atomic E-state index is 9.64. The molecule has 4 heteroatoms. The standard InChI is InChI=1S/C10H14BrNO2/c1-12-6-5-7-9(13)4-3-8(11)10(7)14-2/h3-4,12-13H,5-6H2,1-2H3. The molecule has 0 spiro atoms. The second kappa shape index (κ2) is 5.22. The van der Waals surface area contributed by atoms with Crippen molar-refractivity contribution in [3.63, 3.8) is 0 Å². The molecular weight excluding hydrogens is 246 g/mol. The van der Waals surface area contributed by atoms with E-state index in [0.29, 0.717) is 5.75 Å². The third kappa shape index (κ3) is 2.39. The van der Waals surface area contributed by atoms with E-state index in [-0.39, 0.29) is 5.75 Å². The van der Waals surface area contributed by atoms with Crippen LogP contribution in [0.4, 0.5) is 0 Å². The summed E-state index contributed by atoms with van der Waals surface area (Å²) in [5.74, 6) is 0.987. The predicted molar refractivity (Wildman–Crippen MR) is 60.0 cm³/mol. The Hall–Kier alpha value is -0.740. The Morgan fingerprint density at radius 3 is 2.79 bits per heavy atom. The third-order valence-electron chi connectivity index (χ3n) is 2.02. The van der Waals surface area contributed by atoms with Gasteiger partial charge in [0.2, 0.25) is 0 Å². The van der Waals surface area contributed by atoms with Gasteiger partial charge in [-0.25, -0.2) is 0 Å². The van der Waals surface area contributed by atoms with E-state index in [4.69, 9.17) is 4.74 Å². The van der Waals surface area contributed by atoms with E-state index in [0.717, 1.165) is 23.0 Å². The molecule has 0 radical (unpaired) electrons. The summed E-state index contributed by atoms with van der Waals surface area (Å²) >= 11 is 3.38. The van der Waals surface area contributed by atoms with Crippen LogP contribution in [-0.2, 0) is 6.42 Å². The first kappa shape index (κ1) is 11.3. The summed E-state index contributed by atoms with van der Waals surface area (Å²) in [7, 11) is 3.48. The molecule has 0 unspecified atom stereocenters. The maximum Gasteiger partial charge on any atom is 0.139 e. The normalized spacial score (nSPS) is 10.2. The summed E-state index contributed by atoms with van der Waals surface area (Å²) in [6.07, 6.45) is 0.741. The molecule has 0 fully saturated rings. The van der Waals surface area contributed by atoms with Crippen molar-refractivity contribution >= 4 is 15.9 Å². The Morgan fingerprint density at radius 2 is 2.21 bits per heavy atom. The van der Waals surface area contributed by atoms with Crippen LogP contribution in [-0.4, -0.2) is 25.8 Å². The van der Waals surface area contributed by atoms with Gasteiger partial charge in [-0.15, -0.1) is 0 Å². The number of hydrogen-bond donors (Lipinski definition) is 2. The Labute approximate surface area is 92.2 Å². The molecule has 0 heterocycles. The fourth-order valence-corrected chi connectivity index (χ4v) is 1.83. The second-order valence-corrected chi connectivity index (χ2v) is 3.79. The molecule has 0 aliphatic heterocycles. The Morgan fingerprint density at radius 1 is 1.50 bits per heavy atom. The Balaban J connectivity index is 3.03. The lowest BCUT2D eigenvalue weighted by atomic mass is 10.1. The van der Waals surface area contributed by atoms with Gasteiger partial charge in [-0.3, -0.25) is 0 Å². The van der Waals surface area contributed by atoms with Crippen molar-refractivity contribution in [3.05, 3.63) is 22.2 Å². The lowest BCUT2D eigenvalue weighted by molar-refractivity contribution is 0.396. The van der Waals surface area contributed by atoms with Crippen molar-refractivity contribution < 1.29 is 9.84 Å². The van der Waals surface area contributed by atoms with Crippen LogP contribution in [0.1, 0.15) is 5.56 Å². The van der Waals surface area contributed by atoms with Gasteiger partial charge >= 0.3 is 0 Å². The number of ether oxygens (including phenoxy) is 1. The third-order valence-corrected chi connectivity index (χ3v) is 2.64. The number of rotatable bonds is 4. The molecule has 1 rings (SSSR count). The zero-order valence-electron chi connectivity index (χ0n) is 8.30. The molecule has 78 valence electrons. The van der Waals surface area contributed by atoms with Gasteiger partial charge in [0.25, 0.3) is 0 Å². The zero-order chi connectivity index (χ0) is 10.6. The predicted octanol–water partition coefficient (Wildman–Crippen LogP) is 1.93. The van der Waals surface area contributed by atoms with Crippen molar-refractivity contribution in [2.45, 2.75) is 6.42 Å². The minimum absolute atomic E-state index is 0.278. The molecule has 0 aromatic heterocycles.